The van der Waals surface area contributed by atoms with Crippen LogP contribution in [0.1, 0.15) is 19.8 Å². The van der Waals surface area contributed by atoms with Crippen LogP contribution in [0, 0.1) is 11.8 Å². The Morgan fingerprint density at radius 2 is 2.00 bits per heavy atom. The predicted molar refractivity (Wildman–Crippen MR) is 80.7 cm³/mol. The number of fused-ring (bicyclic) bond motifs is 1. The molecule has 0 aromatic heterocycles. The summed E-state index contributed by atoms with van der Waals surface area (Å²) in [6, 6.07) is 0. The van der Waals surface area contributed by atoms with Crippen LogP contribution in [0.3, 0.4) is 0 Å². The topological polar surface area (TPSA) is 146 Å². The van der Waals surface area contributed by atoms with Crippen LogP contribution in [0.15, 0.2) is 11.8 Å². The van der Waals surface area contributed by atoms with Gasteiger partial charge in [-0.15, -0.1) is 0 Å². The molecule has 0 aromatic carbocycles. The van der Waals surface area contributed by atoms with Crippen molar-refractivity contribution in [3.63, 3.8) is 0 Å². The second-order valence-electron chi connectivity index (χ2n) is 6.99. The molecule has 3 aliphatic rings. The number of carbonyl (C=O) groups excluding carboxylic acids is 1. The first-order valence-electron chi connectivity index (χ1n) is 8.33. The summed E-state index contributed by atoms with van der Waals surface area (Å²) in [5.74, 6) is -0.589. The van der Waals surface area contributed by atoms with Crippen molar-refractivity contribution in [2.24, 2.45) is 11.8 Å². The summed E-state index contributed by atoms with van der Waals surface area (Å²) in [7, 11) is 0. The summed E-state index contributed by atoms with van der Waals surface area (Å²) in [5, 5.41) is 49.9. The van der Waals surface area contributed by atoms with Gasteiger partial charge in [0.1, 0.15) is 30.0 Å². The molecule has 5 N–H and O–H groups in total. The fraction of sp³-hybridized carbons (Fsp3) is 0.812. The van der Waals surface area contributed by atoms with Gasteiger partial charge in [0, 0.05) is 0 Å². The maximum absolute atomic E-state index is 11.2. The number of rotatable bonds is 4. The zero-order chi connectivity index (χ0) is 18.4. The molecule has 1 aliphatic carbocycles. The fourth-order valence-corrected chi connectivity index (χ4v) is 3.98. The molecule has 0 radical (unpaired) electrons. The Morgan fingerprint density at radius 3 is 2.64 bits per heavy atom. The SMILES string of the molecule is CC1CCC2(O)C(C=O)=COC(OC3OC(CO)C(O)C(O)C3O)C12. The first kappa shape index (κ1) is 18.7. The van der Waals surface area contributed by atoms with Gasteiger partial charge in [0.2, 0.25) is 6.29 Å². The molecule has 3 rings (SSSR count). The zero-order valence-corrected chi connectivity index (χ0v) is 13.8. The normalized spacial score (nSPS) is 49.9. The van der Waals surface area contributed by atoms with Crippen LogP contribution in [-0.4, -0.2) is 81.0 Å². The number of hydrogen-bond acceptors (Lipinski definition) is 9. The van der Waals surface area contributed by atoms with Crippen molar-refractivity contribution in [2.45, 2.75) is 62.4 Å². The Hall–Kier alpha value is -1.07. The number of aldehydes is 1. The van der Waals surface area contributed by atoms with E-state index in [0.29, 0.717) is 19.1 Å². The van der Waals surface area contributed by atoms with Gasteiger partial charge in [-0.05, 0) is 18.8 Å². The molecule has 9 unspecified atom stereocenters. The van der Waals surface area contributed by atoms with Gasteiger partial charge in [0.05, 0.1) is 24.4 Å². The molecule has 9 nitrogen and oxygen atoms in total. The van der Waals surface area contributed by atoms with E-state index in [0.717, 1.165) is 6.26 Å². The Bertz CT molecular complexity index is 536. The summed E-state index contributed by atoms with van der Waals surface area (Å²) < 4.78 is 16.4. The van der Waals surface area contributed by atoms with E-state index in [2.05, 4.69) is 0 Å². The molecule has 1 saturated heterocycles. The predicted octanol–water partition coefficient (Wildman–Crippen LogP) is -1.98. The van der Waals surface area contributed by atoms with Crippen LogP contribution >= 0.6 is 0 Å². The molecule has 142 valence electrons. The highest BCUT2D eigenvalue weighted by atomic mass is 16.8. The van der Waals surface area contributed by atoms with E-state index in [-0.39, 0.29) is 11.5 Å². The first-order valence-corrected chi connectivity index (χ1v) is 8.33. The van der Waals surface area contributed by atoms with Gasteiger partial charge in [-0.25, -0.2) is 0 Å². The average molecular weight is 360 g/mol. The lowest BCUT2D eigenvalue weighted by Gasteiger charge is -2.44. The van der Waals surface area contributed by atoms with E-state index in [1.165, 1.54) is 0 Å². The summed E-state index contributed by atoms with van der Waals surface area (Å²) in [6.07, 6.45) is -5.40. The number of carbonyl (C=O) groups is 1. The number of aliphatic hydroxyl groups is 5. The minimum Gasteiger partial charge on any atom is -0.471 e. The standard InChI is InChI=1S/C16H24O9/c1-7-2-3-16(22)8(4-17)6-23-14(10(7)16)25-15-13(21)12(20)11(19)9(5-18)24-15/h4,6-7,9-15,18-22H,2-3,5H2,1H3. The summed E-state index contributed by atoms with van der Waals surface area (Å²) in [6.45, 7) is 1.32. The van der Waals surface area contributed by atoms with Crippen LogP contribution in [0.4, 0.5) is 0 Å². The van der Waals surface area contributed by atoms with Crippen molar-refractivity contribution in [3.8, 4) is 0 Å². The average Bonchev–Trinajstić information content (AvgIpc) is 2.91. The third-order valence-corrected chi connectivity index (χ3v) is 5.51. The molecule has 0 amide bonds. The third-order valence-electron chi connectivity index (χ3n) is 5.51. The minimum absolute atomic E-state index is 0.0245. The lowest BCUT2D eigenvalue weighted by Crippen LogP contribution is -2.61. The Labute approximate surface area is 144 Å². The quantitative estimate of drug-likeness (QED) is 0.360. The molecule has 0 bridgehead atoms. The lowest BCUT2D eigenvalue weighted by atomic mass is 9.80. The largest absolute Gasteiger partial charge is 0.471 e. The van der Waals surface area contributed by atoms with Gasteiger partial charge in [0.15, 0.2) is 12.6 Å². The summed E-state index contributed by atoms with van der Waals surface area (Å²) in [4.78, 5) is 11.2. The number of ether oxygens (including phenoxy) is 3. The highest BCUT2D eigenvalue weighted by Crippen LogP contribution is 2.49. The van der Waals surface area contributed by atoms with Crippen molar-refractivity contribution < 1.29 is 44.5 Å². The van der Waals surface area contributed by atoms with Crippen molar-refractivity contribution in [2.75, 3.05) is 6.61 Å². The molecule has 2 fully saturated rings. The first-order chi connectivity index (χ1) is 11.8. The molecular weight excluding hydrogens is 336 g/mol. The minimum atomic E-state index is -1.57. The van der Waals surface area contributed by atoms with E-state index >= 15 is 0 Å². The molecular formula is C16H24O9. The summed E-state index contributed by atoms with van der Waals surface area (Å²) >= 11 is 0. The van der Waals surface area contributed by atoms with Crippen LogP contribution in [0.2, 0.25) is 0 Å². The van der Waals surface area contributed by atoms with Crippen molar-refractivity contribution in [1.29, 1.82) is 0 Å². The number of hydrogen-bond donors (Lipinski definition) is 5. The number of aliphatic hydroxyl groups excluding tert-OH is 4. The highest BCUT2D eigenvalue weighted by Gasteiger charge is 2.56. The highest BCUT2D eigenvalue weighted by molar-refractivity contribution is 5.76. The molecule has 0 spiro atoms. The van der Waals surface area contributed by atoms with Gasteiger partial charge >= 0.3 is 0 Å². The Kier molecular flexibility index (Phi) is 5.18. The van der Waals surface area contributed by atoms with Crippen molar-refractivity contribution in [3.05, 3.63) is 11.8 Å². The van der Waals surface area contributed by atoms with E-state index < -0.39 is 55.1 Å². The van der Waals surface area contributed by atoms with Gasteiger partial charge in [-0.2, -0.15) is 0 Å². The van der Waals surface area contributed by atoms with E-state index in [4.69, 9.17) is 14.2 Å². The molecule has 2 aliphatic heterocycles. The smallest absolute Gasteiger partial charge is 0.207 e. The van der Waals surface area contributed by atoms with Crippen LogP contribution in [-0.2, 0) is 19.0 Å². The summed E-state index contributed by atoms with van der Waals surface area (Å²) in [5.41, 5.74) is -1.26. The monoisotopic (exact) mass is 360 g/mol. The van der Waals surface area contributed by atoms with Crippen molar-refractivity contribution >= 4 is 6.29 Å². The maximum atomic E-state index is 11.2. The Balaban J connectivity index is 1.80. The molecule has 0 aromatic rings. The van der Waals surface area contributed by atoms with E-state index in [9.17, 15) is 30.3 Å². The van der Waals surface area contributed by atoms with Gasteiger partial charge in [0.25, 0.3) is 0 Å². The third kappa shape index (κ3) is 2.99. The molecule has 25 heavy (non-hydrogen) atoms. The van der Waals surface area contributed by atoms with Crippen LogP contribution in [0.25, 0.3) is 0 Å². The van der Waals surface area contributed by atoms with Crippen LogP contribution in [0.5, 0.6) is 0 Å². The molecule has 1 saturated carbocycles. The second-order valence-corrected chi connectivity index (χ2v) is 6.99. The van der Waals surface area contributed by atoms with Gasteiger partial charge in [-0.1, -0.05) is 6.92 Å². The van der Waals surface area contributed by atoms with E-state index in [1.807, 2.05) is 6.92 Å². The maximum Gasteiger partial charge on any atom is 0.207 e. The fourth-order valence-electron chi connectivity index (χ4n) is 3.98. The van der Waals surface area contributed by atoms with E-state index in [1.54, 1.807) is 0 Å². The lowest BCUT2D eigenvalue weighted by molar-refractivity contribution is -0.346. The molecule has 9 heteroatoms. The Morgan fingerprint density at radius 1 is 1.28 bits per heavy atom. The van der Waals surface area contributed by atoms with Crippen molar-refractivity contribution in [1.82, 2.24) is 0 Å². The van der Waals surface area contributed by atoms with Gasteiger partial charge in [-0.3, -0.25) is 4.79 Å². The molecule has 2 heterocycles. The van der Waals surface area contributed by atoms with Crippen LogP contribution < -0.4 is 0 Å². The second kappa shape index (κ2) is 6.92. The molecule has 9 atom stereocenters. The zero-order valence-electron chi connectivity index (χ0n) is 13.8. The van der Waals surface area contributed by atoms with Gasteiger partial charge < -0.3 is 39.7 Å².